The molecular formula is C13H15F2NO. The van der Waals surface area contributed by atoms with Crippen LogP contribution in [0.25, 0.3) is 0 Å². The van der Waals surface area contributed by atoms with Crippen molar-refractivity contribution in [1.82, 2.24) is 5.32 Å². The van der Waals surface area contributed by atoms with Crippen LogP contribution in [0.15, 0.2) is 18.2 Å². The van der Waals surface area contributed by atoms with E-state index in [-0.39, 0.29) is 12.3 Å². The van der Waals surface area contributed by atoms with E-state index in [2.05, 4.69) is 5.32 Å². The van der Waals surface area contributed by atoms with Crippen molar-refractivity contribution in [2.24, 2.45) is 0 Å². The number of benzene rings is 1. The molecule has 2 rings (SSSR count). The van der Waals surface area contributed by atoms with E-state index >= 15 is 0 Å². The van der Waals surface area contributed by atoms with Crippen LogP contribution in [0.2, 0.25) is 0 Å². The number of carbonyl (C=O) groups excluding carboxylic acids is 1. The monoisotopic (exact) mass is 239 g/mol. The van der Waals surface area contributed by atoms with Crippen molar-refractivity contribution in [2.45, 2.75) is 38.1 Å². The Kier molecular flexibility index (Phi) is 2.49. The summed E-state index contributed by atoms with van der Waals surface area (Å²) in [5.74, 6) is -1.81. The minimum absolute atomic E-state index is 0.0674. The van der Waals surface area contributed by atoms with Crippen molar-refractivity contribution in [2.75, 3.05) is 0 Å². The molecule has 2 nitrogen and oxygen atoms in total. The molecular weight excluding hydrogens is 224 g/mol. The molecule has 4 heteroatoms. The summed E-state index contributed by atoms with van der Waals surface area (Å²) in [6.45, 7) is 5.66. The molecule has 17 heavy (non-hydrogen) atoms. The average Bonchev–Trinajstić information content (AvgIpc) is 2.40. The van der Waals surface area contributed by atoms with E-state index in [0.717, 1.165) is 6.07 Å². The average molecular weight is 239 g/mol. The Balaban J connectivity index is 2.51. The Morgan fingerprint density at radius 3 is 2.29 bits per heavy atom. The number of hydrogen-bond donors (Lipinski definition) is 1. The maximum absolute atomic E-state index is 13.3. The summed E-state index contributed by atoms with van der Waals surface area (Å²) in [6.07, 6.45) is 0.283. The van der Waals surface area contributed by atoms with Crippen LogP contribution in [0.1, 0.15) is 32.8 Å². The number of amides is 1. The minimum Gasteiger partial charge on any atom is -0.350 e. The van der Waals surface area contributed by atoms with Gasteiger partial charge in [-0.1, -0.05) is 13.0 Å². The van der Waals surface area contributed by atoms with E-state index in [1.807, 2.05) is 20.8 Å². The molecule has 1 heterocycles. The van der Waals surface area contributed by atoms with E-state index in [0.29, 0.717) is 5.56 Å². The van der Waals surface area contributed by atoms with Crippen molar-refractivity contribution in [3.63, 3.8) is 0 Å². The molecule has 0 bridgehead atoms. The first-order valence-electron chi connectivity index (χ1n) is 5.53. The summed E-state index contributed by atoms with van der Waals surface area (Å²) in [4.78, 5) is 11.5. The largest absolute Gasteiger partial charge is 0.350 e. The summed E-state index contributed by atoms with van der Waals surface area (Å²) in [5, 5.41) is 2.86. The molecule has 1 fully saturated rings. The quantitative estimate of drug-likeness (QED) is 0.801. The fourth-order valence-corrected chi connectivity index (χ4v) is 2.38. The fourth-order valence-electron chi connectivity index (χ4n) is 2.38. The molecule has 0 spiro atoms. The zero-order valence-electron chi connectivity index (χ0n) is 10.1. The maximum Gasteiger partial charge on any atom is 0.221 e. The van der Waals surface area contributed by atoms with Crippen LogP contribution in [-0.4, -0.2) is 11.4 Å². The second kappa shape index (κ2) is 3.52. The third-order valence-corrected chi connectivity index (χ3v) is 3.90. The van der Waals surface area contributed by atoms with Crippen LogP contribution >= 0.6 is 0 Å². The number of nitrogens with one attached hydrogen (secondary N) is 1. The highest BCUT2D eigenvalue weighted by atomic mass is 19.2. The SMILES string of the molecule is CC1(C)NC(=O)CC1(C)c1ccc(F)c(F)c1. The molecule has 0 radical (unpaired) electrons. The van der Waals surface area contributed by atoms with Crippen LogP contribution in [0.4, 0.5) is 8.78 Å². The predicted octanol–water partition coefficient (Wildman–Crippen LogP) is 2.52. The Bertz CT molecular complexity index is 484. The van der Waals surface area contributed by atoms with Gasteiger partial charge in [-0.15, -0.1) is 0 Å². The van der Waals surface area contributed by atoms with E-state index in [9.17, 15) is 13.6 Å². The molecule has 0 saturated carbocycles. The highest BCUT2D eigenvalue weighted by molar-refractivity contribution is 5.82. The molecule has 1 aliphatic rings. The second-order valence-corrected chi connectivity index (χ2v) is 5.31. The molecule has 1 saturated heterocycles. The number of hydrogen-bond acceptors (Lipinski definition) is 1. The molecule has 92 valence electrons. The Morgan fingerprint density at radius 1 is 1.18 bits per heavy atom. The van der Waals surface area contributed by atoms with Crippen LogP contribution in [0.5, 0.6) is 0 Å². The van der Waals surface area contributed by atoms with E-state index in [1.54, 1.807) is 6.07 Å². The second-order valence-electron chi connectivity index (χ2n) is 5.31. The van der Waals surface area contributed by atoms with E-state index < -0.39 is 22.6 Å². The Labute approximate surface area is 99.0 Å². The number of rotatable bonds is 1. The van der Waals surface area contributed by atoms with E-state index in [4.69, 9.17) is 0 Å². The first-order valence-corrected chi connectivity index (χ1v) is 5.53. The smallest absolute Gasteiger partial charge is 0.221 e. The standard InChI is InChI=1S/C13H15F2NO/c1-12(2)13(3,7-11(17)16-12)8-4-5-9(14)10(15)6-8/h4-6H,7H2,1-3H3,(H,16,17). The third-order valence-electron chi connectivity index (χ3n) is 3.90. The molecule has 1 atom stereocenters. The van der Waals surface area contributed by atoms with Gasteiger partial charge in [0.25, 0.3) is 0 Å². The number of halogens is 2. The predicted molar refractivity (Wildman–Crippen MR) is 60.5 cm³/mol. The Morgan fingerprint density at radius 2 is 1.82 bits per heavy atom. The van der Waals surface area contributed by atoms with Crippen LogP contribution < -0.4 is 5.32 Å². The summed E-state index contributed by atoms with van der Waals surface area (Å²) in [6, 6.07) is 3.83. The minimum atomic E-state index is -0.876. The molecule has 1 aliphatic heterocycles. The summed E-state index contributed by atoms with van der Waals surface area (Å²) >= 11 is 0. The van der Waals surface area contributed by atoms with Crippen molar-refractivity contribution >= 4 is 5.91 Å². The molecule has 1 unspecified atom stereocenters. The van der Waals surface area contributed by atoms with Gasteiger partial charge in [0.2, 0.25) is 5.91 Å². The van der Waals surface area contributed by atoms with Crippen molar-refractivity contribution in [1.29, 1.82) is 0 Å². The van der Waals surface area contributed by atoms with Crippen LogP contribution in [0.3, 0.4) is 0 Å². The zero-order valence-corrected chi connectivity index (χ0v) is 10.1. The van der Waals surface area contributed by atoms with E-state index in [1.165, 1.54) is 6.07 Å². The van der Waals surface area contributed by atoms with Gasteiger partial charge in [-0.05, 0) is 31.5 Å². The van der Waals surface area contributed by atoms with Crippen molar-refractivity contribution < 1.29 is 13.6 Å². The topological polar surface area (TPSA) is 29.1 Å². The molecule has 1 amide bonds. The van der Waals surface area contributed by atoms with Gasteiger partial charge in [0, 0.05) is 17.4 Å². The van der Waals surface area contributed by atoms with Gasteiger partial charge in [0.05, 0.1) is 0 Å². The molecule has 1 aromatic carbocycles. The molecule has 0 aromatic heterocycles. The van der Waals surface area contributed by atoms with Gasteiger partial charge in [-0.25, -0.2) is 8.78 Å². The Hall–Kier alpha value is -1.45. The molecule has 1 aromatic rings. The zero-order chi connectivity index (χ0) is 12.8. The van der Waals surface area contributed by atoms with Gasteiger partial charge in [-0.2, -0.15) is 0 Å². The summed E-state index contributed by atoms with van der Waals surface area (Å²) in [5.41, 5.74) is -0.368. The normalized spacial score (nSPS) is 27.0. The van der Waals surface area contributed by atoms with Gasteiger partial charge in [0.1, 0.15) is 0 Å². The highest BCUT2D eigenvalue weighted by Gasteiger charge is 2.50. The maximum atomic E-state index is 13.3. The van der Waals surface area contributed by atoms with Crippen LogP contribution in [0, 0.1) is 11.6 Å². The highest BCUT2D eigenvalue weighted by Crippen LogP contribution is 2.42. The molecule has 1 N–H and O–H groups in total. The lowest BCUT2D eigenvalue weighted by Gasteiger charge is -2.37. The summed E-state index contributed by atoms with van der Waals surface area (Å²) in [7, 11) is 0. The van der Waals surface area contributed by atoms with Gasteiger partial charge in [-0.3, -0.25) is 4.79 Å². The van der Waals surface area contributed by atoms with Crippen molar-refractivity contribution in [3.05, 3.63) is 35.4 Å². The molecule has 0 aliphatic carbocycles. The lowest BCUT2D eigenvalue weighted by atomic mass is 9.69. The number of carbonyl (C=O) groups is 1. The van der Waals surface area contributed by atoms with Gasteiger partial charge >= 0.3 is 0 Å². The first kappa shape index (κ1) is 12.0. The summed E-state index contributed by atoms with van der Waals surface area (Å²) < 4.78 is 26.2. The lowest BCUT2D eigenvalue weighted by molar-refractivity contribution is -0.119. The lowest BCUT2D eigenvalue weighted by Crippen LogP contribution is -2.48. The van der Waals surface area contributed by atoms with Gasteiger partial charge in [0.15, 0.2) is 11.6 Å². The fraction of sp³-hybridized carbons (Fsp3) is 0.462. The van der Waals surface area contributed by atoms with Gasteiger partial charge < -0.3 is 5.32 Å². The first-order chi connectivity index (χ1) is 7.76. The van der Waals surface area contributed by atoms with Crippen LogP contribution in [-0.2, 0) is 10.2 Å². The van der Waals surface area contributed by atoms with Crippen molar-refractivity contribution in [3.8, 4) is 0 Å². The third kappa shape index (κ3) is 1.72.